The molecule has 37 heavy (non-hydrogen) atoms. The lowest BCUT2D eigenvalue weighted by molar-refractivity contribution is 0.117. The molecular formula is C31H41N3O3. The molecule has 3 aromatic rings. The van der Waals surface area contributed by atoms with Crippen molar-refractivity contribution in [3.8, 4) is 11.5 Å². The highest BCUT2D eigenvalue weighted by molar-refractivity contribution is 5.75. The number of aliphatic imine (C=N–C) groups is 1. The summed E-state index contributed by atoms with van der Waals surface area (Å²) in [6, 6.07) is 28.2. The van der Waals surface area contributed by atoms with E-state index >= 15 is 0 Å². The van der Waals surface area contributed by atoms with Crippen molar-refractivity contribution in [2.75, 3.05) is 19.8 Å². The highest BCUT2D eigenvalue weighted by atomic mass is 16.5. The van der Waals surface area contributed by atoms with Gasteiger partial charge in [0.2, 0.25) is 0 Å². The van der Waals surface area contributed by atoms with Gasteiger partial charge in [0, 0.05) is 6.61 Å². The van der Waals surface area contributed by atoms with Crippen LogP contribution in [-0.4, -0.2) is 31.8 Å². The summed E-state index contributed by atoms with van der Waals surface area (Å²) in [4.78, 5) is 4.32. The summed E-state index contributed by atoms with van der Waals surface area (Å²) in [5, 5.41) is 0. The Morgan fingerprint density at radius 2 is 1.16 bits per heavy atom. The summed E-state index contributed by atoms with van der Waals surface area (Å²) in [5.41, 5.74) is 13.5. The minimum Gasteiger partial charge on any atom is -0.494 e. The molecule has 0 aliphatic heterocycles. The van der Waals surface area contributed by atoms with E-state index in [0.29, 0.717) is 13.2 Å². The zero-order valence-corrected chi connectivity index (χ0v) is 21.8. The first-order chi connectivity index (χ1) is 18.2. The normalized spacial score (nSPS) is 11.6. The summed E-state index contributed by atoms with van der Waals surface area (Å²) >= 11 is 0. The van der Waals surface area contributed by atoms with Crippen molar-refractivity contribution in [1.29, 1.82) is 0 Å². The van der Waals surface area contributed by atoms with Crippen molar-refractivity contribution in [2.45, 2.75) is 57.6 Å². The van der Waals surface area contributed by atoms with Gasteiger partial charge in [-0.15, -0.1) is 0 Å². The first kappa shape index (κ1) is 28.1. The molecule has 0 aliphatic carbocycles. The minimum atomic E-state index is -0.0505. The maximum absolute atomic E-state index is 5.87. The molecule has 6 nitrogen and oxygen atoms in total. The fourth-order valence-electron chi connectivity index (χ4n) is 4.03. The molecule has 0 amide bonds. The maximum Gasteiger partial charge on any atom is 0.186 e. The third-order valence-corrected chi connectivity index (χ3v) is 5.98. The van der Waals surface area contributed by atoms with Crippen molar-refractivity contribution in [2.24, 2.45) is 16.5 Å². The number of hydrogen-bond donors (Lipinski definition) is 2. The van der Waals surface area contributed by atoms with E-state index in [1.54, 1.807) is 0 Å². The highest BCUT2D eigenvalue weighted by Gasteiger charge is 2.09. The lowest BCUT2D eigenvalue weighted by Crippen LogP contribution is -2.28. The molecule has 0 saturated carbocycles. The van der Waals surface area contributed by atoms with E-state index in [0.717, 1.165) is 56.0 Å². The molecule has 0 spiro atoms. The van der Waals surface area contributed by atoms with Gasteiger partial charge in [-0.2, -0.15) is 0 Å². The van der Waals surface area contributed by atoms with E-state index in [2.05, 4.69) is 29.3 Å². The molecule has 0 heterocycles. The van der Waals surface area contributed by atoms with E-state index in [-0.39, 0.29) is 12.0 Å². The Bertz CT molecular complexity index is 1010. The lowest BCUT2D eigenvalue weighted by atomic mass is 10.1. The average molecular weight is 504 g/mol. The first-order valence-electron chi connectivity index (χ1n) is 13.3. The third-order valence-electron chi connectivity index (χ3n) is 5.98. The number of guanidine groups is 1. The van der Waals surface area contributed by atoms with Crippen LogP contribution in [0.25, 0.3) is 0 Å². The van der Waals surface area contributed by atoms with E-state index in [1.807, 2.05) is 60.7 Å². The molecule has 0 bridgehead atoms. The number of ether oxygens (including phenoxy) is 3. The summed E-state index contributed by atoms with van der Waals surface area (Å²) in [7, 11) is 0. The second-order valence-corrected chi connectivity index (χ2v) is 9.19. The Morgan fingerprint density at radius 1 is 0.622 bits per heavy atom. The van der Waals surface area contributed by atoms with Crippen molar-refractivity contribution in [1.82, 2.24) is 0 Å². The third kappa shape index (κ3) is 12.3. The molecule has 0 aromatic heterocycles. The summed E-state index contributed by atoms with van der Waals surface area (Å²) in [5.74, 6) is 1.84. The van der Waals surface area contributed by atoms with Gasteiger partial charge in [-0.3, -0.25) is 0 Å². The van der Waals surface area contributed by atoms with Crippen LogP contribution < -0.4 is 20.9 Å². The Balaban J connectivity index is 1.17. The lowest BCUT2D eigenvalue weighted by Gasteiger charge is -2.13. The Morgan fingerprint density at radius 3 is 1.78 bits per heavy atom. The highest BCUT2D eigenvalue weighted by Crippen LogP contribution is 2.19. The maximum atomic E-state index is 5.87. The van der Waals surface area contributed by atoms with Gasteiger partial charge < -0.3 is 25.7 Å². The van der Waals surface area contributed by atoms with E-state index in [4.69, 9.17) is 25.7 Å². The molecule has 0 radical (unpaired) electrons. The van der Waals surface area contributed by atoms with E-state index in [1.165, 1.54) is 24.8 Å². The van der Waals surface area contributed by atoms with Crippen molar-refractivity contribution in [3.05, 3.63) is 96.1 Å². The smallest absolute Gasteiger partial charge is 0.186 e. The minimum absolute atomic E-state index is 0.0505. The van der Waals surface area contributed by atoms with Crippen LogP contribution in [-0.2, 0) is 17.8 Å². The summed E-state index contributed by atoms with van der Waals surface area (Å²) in [6.45, 7) is 2.57. The van der Waals surface area contributed by atoms with Gasteiger partial charge in [-0.05, 0) is 54.7 Å². The number of nitrogens with two attached hydrogens (primary N) is 2. The average Bonchev–Trinajstić information content (AvgIpc) is 2.92. The van der Waals surface area contributed by atoms with Crippen molar-refractivity contribution < 1.29 is 14.2 Å². The predicted octanol–water partition coefficient (Wildman–Crippen LogP) is 5.89. The molecule has 0 aliphatic rings. The quantitative estimate of drug-likeness (QED) is 0.128. The molecule has 3 aromatic carbocycles. The molecule has 4 N–H and O–H groups in total. The van der Waals surface area contributed by atoms with Gasteiger partial charge in [0.25, 0.3) is 0 Å². The van der Waals surface area contributed by atoms with Crippen LogP contribution in [0.3, 0.4) is 0 Å². The number of hydrogen-bond acceptors (Lipinski definition) is 4. The first-order valence-corrected chi connectivity index (χ1v) is 13.3. The van der Waals surface area contributed by atoms with Gasteiger partial charge in [-0.1, -0.05) is 86.3 Å². The second-order valence-electron chi connectivity index (χ2n) is 9.19. The molecule has 6 heteroatoms. The van der Waals surface area contributed by atoms with Gasteiger partial charge >= 0.3 is 0 Å². The number of nitrogens with zero attached hydrogens (tertiary/aromatic N) is 1. The largest absolute Gasteiger partial charge is 0.494 e. The molecule has 1 atom stereocenters. The number of benzene rings is 3. The van der Waals surface area contributed by atoms with Crippen molar-refractivity contribution in [3.63, 3.8) is 0 Å². The monoisotopic (exact) mass is 503 g/mol. The predicted molar refractivity (Wildman–Crippen MR) is 151 cm³/mol. The topological polar surface area (TPSA) is 92.1 Å². The van der Waals surface area contributed by atoms with Crippen LogP contribution in [0.1, 0.15) is 49.7 Å². The van der Waals surface area contributed by atoms with Crippen LogP contribution in [0, 0.1) is 0 Å². The van der Waals surface area contributed by atoms with Gasteiger partial charge in [-0.25, -0.2) is 4.99 Å². The Labute approximate surface area is 221 Å². The van der Waals surface area contributed by atoms with Crippen molar-refractivity contribution >= 4 is 5.96 Å². The fraction of sp³-hybridized carbons (Fsp3) is 0.387. The van der Waals surface area contributed by atoms with Crippen LogP contribution in [0.5, 0.6) is 11.5 Å². The molecule has 3 rings (SSSR count). The zero-order valence-electron chi connectivity index (χ0n) is 21.8. The summed E-state index contributed by atoms with van der Waals surface area (Å²) in [6.07, 6.45) is 7.63. The standard InChI is InChI=1S/C31H41N3O3/c32-31(33)34-28(23-26-13-7-5-8-14-26)25-35-21-11-3-1-2-4-12-22-36-29-17-19-30(20-18-29)37-24-27-15-9-6-10-16-27/h5-10,13-20,28H,1-4,11-12,21-25H2,(H4,32,33,34)/t28-/m0/s1. The molecule has 0 saturated heterocycles. The fourth-order valence-corrected chi connectivity index (χ4v) is 4.03. The second kappa shape index (κ2) is 17.0. The Kier molecular flexibility index (Phi) is 12.9. The van der Waals surface area contributed by atoms with Gasteiger partial charge in [0.15, 0.2) is 5.96 Å². The summed E-state index contributed by atoms with van der Waals surface area (Å²) < 4.78 is 17.6. The number of rotatable bonds is 18. The van der Waals surface area contributed by atoms with Gasteiger partial charge in [0.1, 0.15) is 18.1 Å². The SMILES string of the molecule is NC(N)=N[C@H](COCCCCCCCCOc1ccc(OCc2ccccc2)cc1)Cc1ccccc1. The molecule has 0 unspecified atom stereocenters. The molecule has 0 fully saturated rings. The molecule has 198 valence electrons. The van der Waals surface area contributed by atoms with Crippen LogP contribution in [0.2, 0.25) is 0 Å². The van der Waals surface area contributed by atoms with Crippen LogP contribution in [0.15, 0.2) is 89.9 Å². The van der Waals surface area contributed by atoms with E-state index in [9.17, 15) is 0 Å². The van der Waals surface area contributed by atoms with E-state index < -0.39 is 0 Å². The van der Waals surface area contributed by atoms with Crippen LogP contribution in [0.4, 0.5) is 0 Å². The Hall–Kier alpha value is -3.51. The van der Waals surface area contributed by atoms with Gasteiger partial charge in [0.05, 0.1) is 19.3 Å². The van der Waals surface area contributed by atoms with Crippen LogP contribution >= 0.6 is 0 Å². The number of unbranched alkanes of at least 4 members (excludes halogenated alkanes) is 5. The molecular weight excluding hydrogens is 462 g/mol. The zero-order chi connectivity index (χ0) is 26.0.